The molecular formula is C12H15ClF4N4. The summed E-state index contributed by atoms with van der Waals surface area (Å²) >= 11 is 5.95. The molecule has 2 rings (SSSR count). The third kappa shape index (κ3) is 2.73. The van der Waals surface area contributed by atoms with Crippen LogP contribution in [-0.2, 0) is 20.0 Å². The third-order valence-corrected chi connectivity index (χ3v) is 3.39. The number of hydrogen-bond acceptors (Lipinski definition) is 2. The molecule has 0 amide bonds. The van der Waals surface area contributed by atoms with Gasteiger partial charge in [0, 0.05) is 7.05 Å². The lowest BCUT2D eigenvalue weighted by molar-refractivity contribution is -0.137. The van der Waals surface area contributed by atoms with Gasteiger partial charge in [-0.25, -0.2) is 13.8 Å². The molecule has 0 N–H and O–H groups in total. The van der Waals surface area contributed by atoms with Gasteiger partial charge in [0.2, 0.25) is 0 Å². The van der Waals surface area contributed by atoms with Crippen molar-refractivity contribution in [1.29, 1.82) is 0 Å². The number of aryl methyl sites for hydroxylation is 2. The van der Waals surface area contributed by atoms with Gasteiger partial charge in [-0.1, -0.05) is 6.92 Å². The summed E-state index contributed by atoms with van der Waals surface area (Å²) in [4.78, 5) is 4.22. The van der Waals surface area contributed by atoms with E-state index < -0.39 is 24.3 Å². The number of rotatable bonds is 5. The van der Waals surface area contributed by atoms with Crippen molar-refractivity contribution in [3.63, 3.8) is 0 Å². The number of nitrogens with zero attached hydrogens (tertiary/aromatic N) is 4. The third-order valence-electron chi connectivity index (χ3n) is 3.20. The van der Waals surface area contributed by atoms with E-state index in [1.807, 2.05) is 6.92 Å². The van der Waals surface area contributed by atoms with E-state index in [1.165, 1.54) is 4.68 Å². The number of fused-ring (bicyclic) bond motifs is 1. The Balaban J connectivity index is 2.64. The van der Waals surface area contributed by atoms with Crippen molar-refractivity contribution in [3.05, 3.63) is 11.5 Å². The maximum Gasteiger partial charge on any atom is 0.324 e. The minimum absolute atomic E-state index is 0.134. The second-order valence-electron chi connectivity index (χ2n) is 4.83. The normalized spacial score (nSPS) is 14.3. The molecule has 9 heteroatoms. The Labute approximate surface area is 123 Å². The topological polar surface area (TPSA) is 35.6 Å². The van der Waals surface area contributed by atoms with Gasteiger partial charge in [0.25, 0.3) is 0 Å². The average Bonchev–Trinajstić information content (AvgIpc) is 2.88. The molecule has 0 aromatic carbocycles. The van der Waals surface area contributed by atoms with Crippen molar-refractivity contribution in [3.8, 4) is 0 Å². The molecule has 118 valence electrons. The van der Waals surface area contributed by atoms with E-state index in [0.29, 0.717) is 17.6 Å². The average molecular weight is 327 g/mol. The smallest absolute Gasteiger partial charge is 0.305 e. The quantitative estimate of drug-likeness (QED) is 0.622. The molecule has 1 atom stereocenters. The van der Waals surface area contributed by atoms with Crippen LogP contribution in [0.3, 0.4) is 0 Å². The van der Waals surface area contributed by atoms with Crippen LogP contribution in [0.25, 0.3) is 11.2 Å². The first-order valence-electron chi connectivity index (χ1n) is 6.41. The van der Waals surface area contributed by atoms with E-state index in [2.05, 4.69) is 10.1 Å². The fourth-order valence-electron chi connectivity index (χ4n) is 2.24. The van der Waals surface area contributed by atoms with Crippen LogP contribution in [0.5, 0.6) is 0 Å². The minimum Gasteiger partial charge on any atom is -0.305 e. The number of hydrogen-bond donors (Lipinski definition) is 0. The highest BCUT2D eigenvalue weighted by Gasteiger charge is 2.42. The van der Waals surface area contributed by atoms with Crippen LogP contribution < -0.4 is 0 Å². The van der Waals surface area contributed by atoms with Gasteiger partial charge in [-0.05, 0) is 13.3 Å². The lowest BCUT2D eigenvalue weighted by atomic mass is 10.3. The summed E-state index contributed by atoms with van der Waals surface area (Å²) in [6, 6.07) is 0. The molecule has 4 nitrogen and oxygen atoms in total. The summed E-state index contributed by atoms with van der Waals surface area (Å²) in [5.41, 5.74) is 1.31. The first-order chi connectivity index (χ1) is 9.69. The molecule has 0 spiro atoms. The fourth-order valence-corrected chi connectivity index (χ4v) is 2.40. The summed E-state index contributed by atoms with van der Waals surface area (Å²) < 4.78 is 54.2. The molecule has 0 fully saturated rings. The molecule has 2 aromatic heterocycles. The molecule has 0 radical (unpaired) electrons. The lowest BCUT2D eigenvalue weighted by Gasteiger charge is -2.18. The highest BCUT2D eigenvalue weighted by atomic mass is 35.5. The molecule has 2 heterocycles. The van der Waals surface area contributed by atoms with Crippen molar-refractivity contribution in [2.45, 2.75) is 44.5 Å². The SMILES string of the molecule is CCc1nn(C)c2c1nc(C(C)Cl)n2CC(F)(F)C(F)F. The number of halogens is 5. The molecule has 0 aliphatic rings. The van der Waals surface area contributed by atoms with Crippen molar-refractivity contribution < 1.29 is 17.6 Å². The Bertz CT molecular complexity index is 647. The lowest BCUT2D eigenvalue weighted by Crippen LogP contribution is -2.33. The standard InChI is InChI=1S/C12H15ClF4N4/c1-4-7-8-10(20(3)19-7)21(9(18-8)6(2)13)5-12(16,17)11(14)15/h6,11H,4-5H2,1-3H3. The largest absolute Gasteiger partial charge is 0.324 e. The first-order valence-corrected chi connectivity index (χ1v) is 6.84. The Morgan fingerprint density at radius 3 is 2.43 bits per heavy atom. The molecule has 2 aromatic rings. The Hall–Kier alpha value is -1.31. The van der Waals surface area contributed by atoms with Crippen molar-refractivity contribution in [2.24, 2.45) is 7.05 Å². The zero-order valence-electron chi connectivity index (χ0n) is 11.7. The van der Waals surface area contributed by atoms with E-state index in [0.717, 1.165) is 4.57 Å². The zero-order valence-corrected chi connectivity index (χ0v) is 12.5. The van der Waals surface area contributed by atoms with Gasteiger partial charge >= 0.3 is 12.3 Å². The van der Waals surface area contributed by atoms with Gasteiger partial charge in [-0.2, -0.15) is 13.9 Å². The molecule has 0 aliphatic carbocycles. The zero-order chi connectivity index (χ0) is 15.9. The van der Waals surface area contributed by atoms with Gasteiger partial charge in [-0.15, -0.1) is 11.6 Å². The Morgan fingerprint density at radius 2 is 1.95 bits per heavy atom. The van der Waals surface area contributed by atoms with E-state index >= 15 is 0 Å². The highest BCUT2D eigenvalue weighted by molar-refractivity contribution is 6.20. The monoisotopic (exact) mass is 326 g/mol. The van der Waals surface area contributed by atoms with Crippen LogP contribution in [0.4, 0.5) is 17.6 Å². The van der Waals surface area contributed by atoms with E-state index in [4.69, 9.17) is 11.6 Å². The fraction of sp³-hybridized carbons (Fsp3) is 0.667. The van der Waals surface area contributed by atoms with Crippen LogP contribution in [0.15, 0.2) is 0 Å². The number of imidazole rings is 1. The first kappa shape index (κ1) is 16.1. The summed E-state index contributed by atoms with van der Waals surface area (Å²) in [5.74, 6) is -4.03. The van der Waals surface area contributed by atoms with Crippen LogP contribution >= 0.6 is 11.6 Å². The summed E-state index contributed by atoms with van der Waals surface area (Å²) in [7, 11) is 1.56. The second kappa shape index (κ2) is 5.47. The summed E-state index contributed by atoms with van der Waals surface area (Å²) in [5, 5.41) is 3.48. The predicted octanol–water partition coefficient (Wildman–Crippen LogP) is 3.53. The van der Waals surface area contributed by atoms with Gasteiger partial charge in [0.15, 0.2) is 5.65 Å². The summed E-state index contributed by atoms with van der Waals surface area (Å²) in [6.45, 7) is 2.22. The number of alkyl halides is 5. The van der Waals surface area contributed by atoms with Crippen LogP contribution in [0, 0.1) is 0 Å². The maximum absolute atomic E-state index is 13.4. The molecule has 1 unspecified atom stereocenters. The van der Waals surface area contributed by atoms with Gasteiger partial charge < -0.3 is 4.57 Å². The van der Waals surface area contributed by atoms with E-state index in [-0.39, 0.29) is 11.5 Å². The molecule has 0 bridgehead atoms. The molecule has 0 saturated heterocycles. The second-order valence-corrected chi connectivity index (χ2v) is 5.48. The Morgan fingerprint density at radius 1 is 1.33 bits per heavy atom. The van der Waals surface area contributed by atoms with Crippen molar-refractivity contribution in [1.82, 2.24) is 19.3 Å². The van der Waals surface area contributed by atoms with Crippen LogP contribution in [0.1, 0.15) is 30.7 Å². The van der Waals surface area contributed by atoms with E-state index in [9.17, 15) is 17.6 Å². The van der Waals surface area contributed by atoms with Gasteiger partial charge in [0.1, 0.15) is 11.3 Å². The van der Waals surface area contributed by atoms with Gasteiger partial charge in [-0.3, -0.25) is 4.68 Å². The van der Waals surface area contributed by atoms with Gasteiger partial charge in [0.05, 0.1) is 17.6 Å². The minimum atomic E-state index is -4.16. The van der Waals surface area contributed by atoms with Crippen LogP contribution in [0.2, 0.25) is 0 Å². The maximum atomic E-state index is 13.4. The molecule has 21 heavy (non-hydrogen) atoms. The number of aromatic nitrogens is 4. The highest BCUT2D eigenvalue weighted by Crippen LogP contribution is 2.31. The van der Waals surface area contributed by atoms with Crippen LogP contribution in [-0.4, -0.2) is 31.7 Å². The molecular weight excluding hydrogens is 312 g/mol. The molecule has 0 saturated carbocycles. The predicted molar refractivity (Wildman–Crippen MR) is 71.1 cm³/mol. The molecule has 0 aliphatic heterocycles. The van der Waals surface area contributed by atoms with E-state index in [1.54, 1.807) is 14.0 Å². The summed E-state index contributed by atoms with van der Waals surface area (Å²) in [6.07, 6.45) is -3.21. The van der Waals surface area contributed by atoms with Crippen molar-refractivity contribution >= 4 is 22.8 Å². The van der Waals surface area contributed by atoms with Crippen molar-refractivity contribution in [2.75, 3.05) is 0 Å². The Kier molecular flexibility index (Phi) is 4.19.